The van der Waals surface area contributed by atoms with Gasteiger partial charge in [0, 0.05) is 25.4 Å². The lowest BCUT2D eigenvalue weighted by Gasteiger charge is -2.14. The van der Waals surface area contributed by atoms with Crippen LogP contribution in [0.2, 0.25) is 0 Å². The number of rotatable bonds is 7. The Hall–Kier alpha value is -1.00. The van der Waals surface area contributed by atoms with Gasteiger partial charge in [-0.25, -0.2) is 9.97 Å². The van der Waals surface area contributed by atoms with Crippen LogP contribution < -0.4 is 5.32 Å². The van der Waals surface area contributed by atoms with E-state index in [-0.39, 0.29) is 6.10 Å². The zero-order chi connectivity index (χ0) is 12.7. The Morgan fingerprint density at radius 2 is 2.12 bits per heavy atom. The summed E-state index contributed by atoms with van der Waals surface area (Å²) < 4.78 is 5.61. The molecule has 0 aliphatic carbocycles. The van der Waals surface area contributed by atoms with E-state index in [1.165, 1.54) is 0 Å². The molecule has 0 saturated heterocycles. The summed E-state index contributed by atoms with van der Waals surface area (Å²) >= 11 is 0. The molecular formula is C13H23N3O. The van der Waals surface area contributed by atoms with E-state index in [1.807, 2.05) is 13.0 Å². The predicted octanol–water partition coefficient (Wildman–Crippen LogP) is 2.46. The summed E-state index contributed by atoms with van der Waals surface area (Å²) in [5, 5.41) is 3.35. The Morgan fingerprint density at radius 1 is 1.35 bits per heavy atom. The van der Waals surface area contributed by atoms with E-state index in [0.29, 0.717) is 12.6 Å². The molecule has 1 aromatic heterocycles. The molecule has 96 valence electrons. The third-order valence-corrected chi connectivity index (χ3v) is 2.45. The van der Waals surface area contributed by atoms with Crippen molar-refractivity contribution in [1.29, 1.82) is 0 Å². The second-order valence-electron chi connectivity index (χ2n) is 4.29. The Bertz CT molecular complexity index is 328. The van der Waals surface area contributed by atoms with Gasteiger partial charge in [0.05, 0.1) is 5.69 Å². The van der Waals surface area contributed by atoms with Crippen LogP contribution >= 0.6 is 0 Å². The summed E-state index contributed by atoms with van der Waals surface area (Å²) in [6.45, 7) is 9.79. The fourth-order valence-corrected chi connectivity index (χ4v) is 1.55. The van der Waals surface area contributed by atoms with E-state index in [1.54, 1.807) is 6.20 Å². The quantitative estimate of drug-likeness (QED) is 0.791. The van der Waals surface area contributed by atoms with Gasteiger partial charge in [0.2, 0.25) is 0 Å². The van der Waals surface area contributed by atoms with Crippen LogP contribution in [0.15, 0.2) is 12.3 Å². The van der Waals surface area contributed by atoms with Crippen molar-refractivity contribution in [2.75, 3.05) is 6.61 Å². The van der Waals surface area contributed by atoms with Crippen LogP contribution in [0.1, 0.15) is 51.7 Å². The van der Waals surface area contributed by atoms with E-state index in [2.05, 4.69) is 36.1 Å². The van der Waals surface area contributed by atoms with E-state index >= 15 is 0 Å². The van der Waals surface area contributed by atoms with Crippen LogP contribution in [-0.4, -0.2) is 22.6 Å². The first-order chi connectivity index (χ1) is 8.17. The topological polar surface area (TPSA) is 47.0 Å². The van der Waals surface area contributed by atoms with Crippen LogP contribution in [0.5, 0.6) is 0 Å². The molecule has 0 amide bonds. The van der Waals surface area contributed by atoms with Crippen molar-refractivity contribution in [2.45, 2.75) is 52.8 Å². The average Bonchev–Trinajstić information content (AvgIpc) is 2.34. The van der Waals surface area contributed by atoms with Crippen molar-refractivity contribution in [3.05, 3.63) is 23.8 Å². The Balaban J connectivity index is 2.69. The standard InChI is InChI=1S/C13H23N3O/c1-5-12(17-6-2)13-14-8-7-11(16-13)9-15-10(3)4/h7-8,10,12,15H,5-6,9H2,1-4H3. The van der Waals surface area contributed by atoms with Crippen LogP contribution in [0.3, 0.4) is 0 Å². The van der Waals surface area contributed by atoms with E-state index < -0.39 is 0 Å². The van der Waals surface area contributed by atoms with E-state index in [9.17, 15) is 0 Å². The minimum absolute atomic E-state index is 0.0130. The molecule has 0 aliphatic heterocycles. The summed E-state index contributed by atoms with van der Waals surface area (Å²) in [5.41, 5.74) is 1.02. The molecule has 4 heteroatoms. The summed E-state index contributed by atoms with van der Waals surface area (Å²) in [6, 6.07) is 2.40. The first kappa shape index (κ1) is 14.1. The molecule has 0 radical (unpaired) electrons. The maximum absolute atomic E-state index is 5.61. The summed E-state index contributed by atoms with van der Waals surface area (Å²) in [7, 11) is 0. The average molecular weight is 237 g/mol. The first-order valence-corrected chi connectivity index (χ1v) is 6.34. The van der Waals surface area contributed by atoms with Crippen molar-refractivity contribution < 1.29 is 4.74 Å². The van der Waals surface area contributed by atoms with Crippen molar-refractivity contribution in [2.24, 2.45) is 0 Å². The Labute approximate surface area is 104 Å². The van der Waals surface area contributed by atoms with Gasteiger partial charge in [-0.05, 0) is 19.4 Å². The second kappa shape index (κ2) is 7.35. The van der Waals surface area contributed by atoms with Gasteiger partial charge in [-0.3, -0.25) is 0 Å². The lowest BCUT2D eigenvalue weighted by molar-refractivity contribution is 0.0533. The monoisotopic (exact) mass is 237 g/mol. The zero-order valence-electron chi connectivity index (χ0n) is 11.2. The molecule has 0 aliphatic rings. The SMILES string of the molecule is CCOC(CC)c1nccc(CNC(C)C)n1. The predicted molar refractivity (Wildman–Crippen MR) is 68.7 cm³/mol. The van der Waals surface area contributed by atoms with Crippen molar-refractivity contribution in [3.63, 3.8) is 0 Å². The number of hydrogen-bond acceptors (Lipinski definition) is 4. The summed E-state index contributed by atoms with van der Waals surface area (Å²) in [6.07, 6.45) is 2.72. The molecule has 1 atom stereocenters. The van der Waals surface area contributed by atoms with E-state index in [4.69, 9.17) is 4.74 Å². The summed E-state index contributed by atoms with van der Waals surface area (Å²) in [4.78, 5) is 8.83. The third kappa shape index (κ3) is 4.79. The lowest BCUT2D eigenvalue weighted by Crippen LogP contribution is -2.23. The van der Waals surface area contributed by atoms with Gasteiger partial charge in [0.15, 0.2) is 5.82 Å². The molecular weight excluding hydrogens is 214 g/mol. The smallest absolute Gasteiger partial charge is 0.157 e. The van der Waals surface area contributed by atoms with Crippen LogP contribution in [0.25, 0.3) is 0 Å². The molecule has 0 spiro atoms. The highest BCUT2D eigenvalue weighted by Gasteiger charge is 2.12. The number of hydrogen-bond donors (Lipinski definition) is 1. The number of nitrogens with one attached hydrogen (secondary N) is 1. The van der Waals surface area contributed by atoms with Crippen LogP contribution in [0, 0.1) is 0 Å². The maximum atomic E-state index is 5.61. The fourth-order valence-electron chi connectivity index (χ4n) is 1.55. The van der Waals surface area contributed by atoms with Gasteiger partial charge in [-0.15, -0.1) is 0 Å². The van der Waals surface area contributed by atoms with Gasteiger partial charge in [-0.2, -0.15) is 0 Å². The normalized spacial score (nSPS) is 13.0. The highest BCUT2D eigenvalue weighted by atomic mass is 16.5. The number of ether oxygens (including phenoxy) is 1. The Morgan fingerprint density at radius 3 is 2.71 bits per heavy atom. The van der Waals surface area contributed by atoms with Crippen LogP contribution in [-0.2, 0) is 11.3 Å². The molecule has 1 rings (SSSR count). The highest BCUT2D eigenvalue weighted by molar-refractivity contribution is 5.04. The van der Waals surface area contributed by atoms with E-state index in [0.717, 1.165) is 24.5 Å². The van der Waals surface area contributed by atoms with Gasteiger partial charge in [0.25, 0.3) is 0 Å². The zero-order valence-corrected chi connectivity index (χ0v) is 11.2. The molecule has 0 saturated carbocycles. The number of nitrogens with zero attached hydrogens (tertiary/aromatic N) is 2. The molecule has 17 heavy (non-hydrogen) atoms. The maximum Gasteiger partial charge on any atom is 0.157 e. The molecule has 0 fully saturated rings. The fraction of sp³-hybridized carbons (Fsp3) is 0.692. The first-order valence-electron chi connectivity index (χ1n) is 6.34. The molecule has 1 heterocycles. The van der Waals surface area contributed by atoms with Gasteiger partial charge in [-0.1, -0.05) is 20.8 Å². The van der Waals surface area contributed by atoms with Crippen LogP contribution in [0.4, 0.5) is 0 Å². The molecule has 0 bridgehead atoms. The summed E-state index contributed by atoms with van der Waals surface area (Å²) in [5.74, 6) is 0.789. The van der Waals surface area contributed by atoms with Gasteiger partial charge >= 0.3 is 0 Å². The molecule has 4 nitrogen and oxygen atoms in total. The number of aromatic nitrogens is 2. The van der Waals surface area contributed by atoms with Gasteiger partial charge < -0.3 is 10.1 Å². The lowest BCUT2D eigenvalue weighted by atomic mass is 10.2. The van der Waals surface area contributed by atoms with Crippen molar-refractivity contribution >= 4 is 0 Å². The van der Waals surface area contributed by atoms with Crippen molar-refractivity contribution in [3.8, 4) is 0 Å². The minimum Gasteiger partial charge on any atom is -0.371 e. The molecule has 1 unspecified atom stereocenters. The Kier molecular flexibility index (Phi) is 6.08. The van der Waals surface area contributed by atoms with Gasteiger partial charge in [0.1, 0.15) is 6.10 Å². The minimum atomic E-state index is 0.0130. The third-order valence-electron chi connectivity index (χ3n) is 2.45. The second-order valence-corrected chi connectivity index (χ2v) is 4.29. The largest absolute Gasteiger partial charge is 0.371 e. The molecule has 1 N–H and O–H groups in total. The molecule has 0 aromatic carbocycles. The molecule has 1 aromatic rings. The highest BCUT2D eigenvalue weighted by Crippen LogP contribution is 2.16. The van der Waals surface area contributed by atoms with Crippen molar-refractivity contribution in [1.82, 2.24) is 15.3 Å².